The lowest BCUT2D eigenvalue weighted by atomic mass is 10.0. The van der Waals surface area contributed by atoms with Gasteiger partial charge in [0.05, 0.1) is 5.56 Å². The van der Waals surface area contributed by atoms with Gasteiger partial charge in [0.25, 0.3) is 0 Å². The fourth-order valence-electron chi connectivity index (χ4n) is 1.08. The Morgan fingerprint density at radius 2 is 1.87 bits per heavy atom. The minimum Gasteiger partial charge on any atom is -0.329 e. The van der Waals surface area contributed by atoms with Gasteiger partial charge in [0.1, 0.15) is 0 Å². The van der Waals surface area contributed by atoms with Crippen LogP contribution < -0.4 is 11.5 Å². The molecule has 1 atom stereocenters. The van der Waals surface area contributed by atoms with Crippen LogP contribution in [0.15, 0.2) is 24.3 Å². The second-order valence-corrected chi connectivity index (χ2v) is 2.97. The summed E-state index contributed by atoms with van der Waals surface area (Å²) < 4.78 is 36.8. The molecule has 15 heavy (non-hydrogen) atoms. The van der Waals surface area contributed by atoms with Gasteiger partial charge >= 0.3 is 6.18 Å². The highest BCUT2D eigenvalue weighted by atomic mass is 35.5. The number of hydrogen-bond acceptors (Lipinski definition) is 2. The second kappa shape index (κ2) is 5.34. The van der Waals surface area contributed by atoms with E-state index in [9.17, 15) is 13.2 Å². The summed E-state index contributed by atoms with van der Waals surface area (Å²) in [5.74, 6) is 0. The summed E-state index contributed by atoms with van der Waals surface area (Å²) in [5.41, 5.74) is 10.5. The van der Waals surface area contributed by atoms with E-state index in [0.29, 0.717) is 5.56 Å². The van der Waals surface area contributed by atoms with Gasteiger partial charge in [-0.2, -0.15) is 13.2 Å². The van der Waals surface area contributed by atoms with E-state index >= 15 is 0 Å². The van der Waals surface area contributed by atoms with Gasteiger partial charge in [-0.3, -0.25) is 0 Å². The number of rotatable bonds is 2. The normalized spacial score (nSPS) is 13.1. The van der Waals surface area contributed by atoms with E-state index in [2.05, 4.69) is 0 Å². The first-order valence-electron chi connectivity index (χ1n) is 4.08. The summed E-state index contributed by atoms with van der Waals surface area (Å²) >= 11 is 0. The quantitative estimate of drug-likeness (QED) is 0.832. The van der Waals surface area contributed by atoms with E-state index in [1.807, 2.05) is 0 Å². The summed E-state index contributed by atoms with van der Waals surface area (Å²) in [5, 5.41) is 0. The van der Waals surface area contributed by atoms with Crippen molar-refractivity contribution in [2.45, 2.75) is 12.2 Å². The van der Waals surface area contributed by atoms with Crippen LogP contribution in [0.4, 0.5) is 13.2 Å². The first-order chi connectivity index (χ1) is 6.45. The van der Waals surface area contributed by atoms with Crippen LogP contribution in [-0.2, 0) is 6.18 Å². The Hall–Kier alpha value is -0.780. The zero-order chi connectivity index (χ0) is 10.8. The maximum absolute atomic E-state index is 12.3. The molecular formula is C9H12ClF3N2. The molecule has 0 spiro atoms. The molecule has 0 saturated carbocycles. The standard InChI is InChI=1S/C9H11F3N2.ClH/c10-9(11,12)7-3-1-2-6(4-7)8(14)5-13;/h1-4,8H,5,13-14H2;1H/t8-;/m0./s1. The van der Waals surface area contributed by atoms with E-state index in [-0.39, 0.29) is 19.0 Å². The van der Waals surface area contributed by atoms with Gasteiger partial charge in [0.15, 0.2) is 0 Å². The molecule has 6 heteroatoms. The molecule has 86 valence electrons. The van der Waals surface area contributed by atoms with Crippen LogP contribution in [0.25, 0.3) is 0 Å². The van der Waals surface area contributed by atoms with Crippen molar-refractivity contribution in [3.05, 3.63) is 35.4 Å². The van der Waals surface area contributed by atoms with Crippen LogP contribution in [-0.4, -0.2) is 6.54 Å². The van der Waals surface area contributed by atoms with E-state index in [1.165, 1.54) is 12.1 Å². The minimum absolute atomic E-state index is 0. The predicted octanol–water partition coefficient (Wildman–Crippen LogP) is 2.09. The van der Waals surface area contributed by atoms with Crippen LogP contribution in [0.5, 0.6) is 0 Å². The molecule has 0 bridgehead atoms. The van der Waals surface area contributed by atoms with Crippen molar-refractivity contribution in [2.24, 2.45) is 11.5 Å². The second-order valence-electron chi connectivity index (χ2n) is 2.97. The molecule has 0 aliphatic heterocycles. The van der Waals surface area contributed by atoms with Crippen molar-refractivity contribution >= 4 is 12.4 Å². The van der Waals surface area contributed by atoms with Crippen LogP contribution >= 0.6 is 12.4 Å². The van der Waals surface area contributed by atoms with Gasteiger partial charge in [0, 0.05) is 12.6 Å². The molecule has 0 heterocycles. The summed E-state index contributed by atoms with van der Waals surface area (Å²) in [4.78, 5) is 0. The molecule has 0 fully saturated rings. The molecule has 0 aromatic heterocycles. The van der Waals surface area contributed by atoms with Crippen molar-refractivity contribution in [3.63, 3.8) is 0 Å². The molecule has 4 N–H and O–H groups in total. The van der Waals surface area contributed by atoms with Crippen molar-refractivity contribution in [1.82, 2.24) is 0 Å². The maximum atomic E-state index is 12.3. The van der Waals surface area contributed by atoms with Crippen LogP contribution in [0, 0.1) is 0 Å². The highest BCUT2D eigenvalue weighted by Crippen LogP contribution is 2.30. The van der Waals surface area contributed by atoms with Crippen LogP contribution in [0.1, 0.15) is 17.2 Å². The lowest BCUT2D eigenvalue weighted by Crippen LogP contribution is -2.21. The van der Waals surface area contributed by atoms with Gasteiger partial charge in [-0.1, -0.05) is 12.1 Å². The van der Waals surface area contributed by atoms with Crippen LogP contribution in [0.2, 0.25) is 0 Å². The average molecular weight is 241 g/mol. The Bertz CT molecular complexity index is 314. The summed E-state index contributed by atoms with van der Waals surface area (Å²) in [6.07, 6.45) is -4.33. The predicted molar refractivity (Wildman–Crippen MR) is 54.7 cm³/mol. The number of benzene rings is 1. The molecule has 1 aromatic carbocycles. The number of halogens is 4. The van der Waals surface area contributed by atoms with Crippen molar-refractivity contribution in [1.29, 1.82) is 0 Å². The molecule has 0 aliphatic carbocycles. The van der Waals surface area contributed by atoms with E-state index in [1.54, 1.807) is 0 Å². The van der Waals surface area contributed by atoms with E-state index < -0.39 is 17.8 Å². The fraction of sp³-hybridized carbons (Fsp3) is 0.333. The monoisotopic (exact) mass is 240 g/mol. The smallest absolute Gasteiger partial charge is 0.329 e. The van der Waals surface area contributed by atoms with Gasteiger partial charge in [-0.15, -0.1) is 12.4 Å². The number of nitrogens with two attached hydrogens (primary N) is 2. The SMILES string of the molecule is Cl.NC[C@H](N)c1cccc(C(F)(F)F)c1. The summed E-state index contributed by atoms with van der Waals surface area (Å²) in [7, 11) is 0. The molecular weight excluding hydrogens is 229 g/mol. The van der Waals surface area contributed by atoms with Crippen molar-refractivity contribution < 1.29 is 13.2 Å². The Morgan fingerprint density at radius 3 is 2.33 bits per heavy atom. The maximum Gasteiger partial charge on any atom is 0.416 e. The topological polar surface area (TPSA) is 52.0 Å². The zero-order valence-corrected chi connectivity index (χ0v) is 8.61. The number of hydrogen-bond donors (Lipinski definition) is 2. The molecule has 1 aromatic rings. The van der Waals surface area contributed by atoms with Gasteiger partial charge in [0.2, 0.25) is 0 Å². The highest BCUT2D eigenvalue weighted by Gasteiger charge is 2.30. The summed E-state index contributed by atoms with van der Waals surface area (Å²) in [6.45, 7) is 0.126. The molecule has 0 amide bonds. The zero-order valence-electron chi connectivity index (χ0n) is 7.79. The Labute approximate surface area is 91.9 Å². The average Bonchev–Trinajstić information content (AvgIpc) is 2.15. The third kappa shape index (κ3) is 3.70. The first-order valence-corrected chi connectivity index (χ1v) is 4.08. The van der Waals surface area contributed by atoms with Gasteiger partial charge < -0.3 is 11.5 Å². The van der Waals surface area contributed by atoms with E-state index in [0.717, 1.165) is 12.1 Å². The third-order valence-corrected chi connectivity index (χ3v) is 1.90. The molecule has 0 radical (unpaired) electrons. The molecule has 0 unspecified atom stereocenters. The summed E-state index contributed by atoms with van der Waals surface area (Å²) in [6, 6.07) is 4.35. The fourth-order valence-corrected chi connectivity index (χ4v) is 1.08. The number of alkyl halides is 3. The van der Waals surface area contributed by atoms with Gasteiger partial charge in [-0.25, -0.2) is 0 Å². The highest BCUT2D eigenvalue weighted by molar-refractivity contribution is 5.85. The molecule has 1 rings (SSSR count). The lowest BCUT2D eigenvalue weighted by molar-refractivity contribution is -0.137. The lowest BCUT2D eigenvalue weighted by Gasteiger charge is -2.12. The van der Waals surface area contributed by atoms with Crippen molar-refractivity contribution in [3.8, 4) is 0 Å². The third-order valence-electron chi connectivity index (χ3n) is 1.90. The Balaban J connectivity index is 0.00000196. The Kier molecular flexibility index (Phi) is 5.07. The molecule has 0 aliphatic rings. The van der Waals surface area contributed by atoms with E-state index in [4.69, 9.17) is 11.5 Å². The first kappa shape index (κ1) is 14.2. The van der Waals surface area contributed by atoms with Crippen molar-refractivity contribution in [2.75, 3.05) is 6.54 Å². The van der Waals surface area contributed by atoms with Gasteiger partial charge in [-0.05, 0) is 17.7 Å². The molecule has 2 nitrogen and oxygen atoms in total. The minimum atomic E-state index is -4.33. The van der Waals surface area contributed by atoms with Crippen LogP contribution in [0.3, 0.4) is 0 Å². The Morgan fingerprint density at radius 1 is 1.27 bits per heavy atom. The molecule has 0 saturated heterocycles. The largest absolute Gasteiger partial charge is 0.416 e.